The Hall–Kier alpha value is -1.55. The number of methoxy groups -OCH3 is 1. The minimum absolute atomic E-state index is 0.219. The molecule has 0 amide bonds. The molecule has 2 fully saturated rings. The van der Waals surface area contributed by atoms with Crippen LogP contribution in [0.25, 0.3) is 0 Å². The number of nitrogens with zero attached hydrogens (tertiary/aromatic N) is 1. The second-order valence-electron chi connectivity index (χ2n) is 7.22. The smallest absolute Gasteiger partial charge is 0.338 e. The summed E-state index contributed by atoms with van der Waals surface area (Å²) in [5.41, 5.74) is 0.600. The zero-order chi connectivity index (χ0) is 16.3. The molecule has 0 radical (unpaired) electrons. The Morgan fingerprint density at radius 2 is 1.87 bits per heavy atom. The third-order valence-electron chi connectivity index (χ3n) is 5.76. The summed E-state index contributed by atoms with van der Waals surface area (Å²) in [4.78, 5) is 12.3. The molecule has 126 valence electrons. The van der Waals surface area contributed by atoms with Crippen molar-refractivity contribution in [2.45, 2.75) is 38.1 Å². The van der Waals surface area contributed by atoms with E-state index >= 15 is 0 Å². The molecular formula is C19H28NO3+. The zero-order valence-electron chi connectivity index (χ0n) is 14.3. The van der Waals surface area contributed by atoms with Crippen molar-refractivity contribution in [2.75, 3.05) is 33.9 Å². The molecule has 2 aliphatic rings. The molecule has 0 aromatic heterocycles. The molecule has 3 rings (SSSR count). The minimum atomic E-state index is -0.219. The van der Waals surface area contributed by atoms with Gasteiger partial charge < -0.3 is 14.0 Å². The average molecular weight is 318 g/mol. The highest BCUT2D eigenvalue weighted by Gasteiger charge is 2.43. The lowest BCUT2D eigenvalue weighted by Gasteiger charge is -2.51. The van der Waals surface area contributed by atoms with Crippen LogP contribution in [0.3, 0.4) is 0 Å². The van der Waals surface area contributed by atoms with Crippen molar-refractivity contribution in [3.63, 3.8) is 0 Å². The number of carbonyl (C=O) groups is 1. The number of benzene rings is 1. The monoisotopic (exact) mass is 318 g/mol. The number of quaternary nitrogens is 1. The van der Waals surface area contributed by atoms with Crippen molar-refractivity contribution in [2.24, 2.45) is 5.92 Å². The van der Waals surface area contributed by atoms with Gasteiger partial charge in [0.1, 0.15) is 12.4 Å². The summed E-state index contributed by atoms with van der Waals surface area (Å²) >= 11 is 0. The third kappa shape index (κ3) is 3.52. The first-order chi connectivity index (χ1) is 11.1. The Morgan fingerprint density at radius 1 is 1.13 bits per heavy atom. The highest BCUT2D eigenvalue weighted by Crippen LogP contribution is 2.36. The van der Waals surface area contributed by atoms with E-state index in [0.29, 0.717) is 24.1 Å². The van der Waals surface area contributed by atoms with E-state index in [-0.39, 0.29) is 5.97 Å². The van der Waals surface area contributed by atoms with Crippen molar-refractivity contribution in [1.29, 1.82) is 0 Å². The Kier molecular flexibility index (Phi) is 4.90. The van der Waals surface area contributed by atoms with Crippen molar-refractivity contribution in [3.05, 3.63) is 29.8 Å². The van der Waals surface area contributed by atoms with Gasteiger partial charge >= 0.3 is 5.97 Å². The fourth-order valence-corrected chi connectivity index (χ4v) is 4.42. The number of esters is 1. The number of hydrogen-bond donors (Lipinski definition) is 0. The number of ether oxygens (including phenoxy) is 2. The summed E-state index contributed by atoms with van der Waals surface area (Å²) in [5, 5.41) is 0. The summed E-state index contributed by atoms with van der Waals surface area (Å²) in [5.74, 6) is 1.04. The fraction of sp³-hybridized carbons (Fsp3) is 0.632. The second-order valence-corrected chi connectivity index (χ2v) is 7.22. The van der Waals surface area contributed by atoms with E-state index in [1.165, 1.54) is 49.7 Å². The molecule has 2 heterocycles. The van der Waals surface area contributed by atoms with Crippen LogP contribution in [0.4, 0.5) is 0 Å². The molecule has 23 heavy (non-hydrogen) atoms. The van der Waals surface area contributed by atoms with Crippen molar-refractivity contribution in [1.82, 2.24) is 0 Å². The van der Waals surface area contributed by atoms with E-state index in [1.807, 2.05) is 0 Å². The summed E-state index contributed by atoms with van der Waals surface area (Å²) in [6.07, 6.45) is 6.38. The van der Waals surface area contributed by atoms with E-state index < -0.39 is 0 Å². The maximum atomic E-state index is 12.3. The Morgan fingerprint density at radius 3 is 2.61 bits per heavy atom. The number of hydrogen-bond acceptors (Lipinski definition) is 3. The van der Waals surface area contributed by atoms with Gasteiger partial charge in [0, 0.05) is 12.3 Å². The van der Waals surface area contributed by atoms with Crippen molar-refractivity contribution < 1.29 is 18.8 Å². The van der Waals surface area contributed by atoms with Crippen LogP contribution in [0.1, 0.15) is 42.5 Å². The first-order valence-electron chi connectivity index (χ1n) is 8.78. The maximum Gasteiger partial charge on any atom is 0.338 e. The van der Waals surface area contributed by atoms with E-state index in [2.05, 4.69) is 7.05 Å². The first kappa shape index (κ1) is 16.3. The van der Waals surface area contributed by atoms with Crippen LogP contribution < -0.4 is 4.74 Å². The third-order valence-corrected chi connectivity index (χ3v) is 5.76. The Balaban J connectivity index is 1.59. The average Bonchev–Trinajstić information content (AvgIpc) is 2.59. The quantitative estimate of drug-likeness (QED) is 0.631. The summed E-state index contributed by atoms with van der Waals surface area (Å²) in [6.45, 7) is 3.13. The molecule has 3 atom stereocenters. The van der Waals surface area contributed by atoms with Crippen LogP contribution in [0.5, 0.6) is 5.75 Å². The van der Waals surface area contributed by atoms with E-state index in [1.54, 1.807) is 31.4 Å². The lowest BCUT2D eigenvalue weighted by atomic mass is 9.82. The number of piperidine rings is 2. The molecule has 1 aromatic rings. The summed E-state index contributed by atoms with van der Waals surface area (Å²) in [7, 11) is 4.01. The van der Waals surface area contributed by atoms with Gasteiger partial charge in [0.25, 0.3) is 0 Å². The largest absolute Gasteiger partial charge is 0.497 e. The second kappa shape index (κ2) is 6.91. The number of carbonyl (C=O) groups excluding carboxylic acids is 1. The molecule has 1 unspecified atom stereocenters. The number of rotatable bonds is 4. The molecule has 1 aromatic carbocycles. The van der Waals surface area contributed by atoms with Crippen molar-refractivity contribution in [3.8, 4) is 5.75 Å². The normalized spacial score (nSPS) is 30.3. The standard InChI is InChI=1S/C19H28NO3/c1-20-12-4-3-7-18(20)16(6-5-13-20)14-23-19(21)15-8-10-17(22-2)11-9-15/h8-11,16,18H,3-7,12-14H2,1-2H3/q+1/t16-,18+,20?/m1/s1. The minimum Gasteiger partial charge on any atom is -0.497 e. The fourth-order valence-electron chi connectivity index (χ4n) is 4.42. The molecule has 0 spiro atoms. The maximum absolute atomic E-state index is 12.3. The lowest BCUT2D eigenvalue weighted by molar-refractivity contribution is -0.947. The molecule has 4 nitrogen and oxygen atoms in total. The SMILES string of the molecule is COc1ccc(C(=O)OC[C@H]2CCC[N+]3(C)CCCC[C@@H]23)cc1. The molecule has 0 saturated carbocycles. The predicted octanol–water partition coefficient (Wildman–Crippen LogP) is 3.26. The summed E-state index contributed by atoms with van der Waals surface area (Å²) in [6, 6.07) is 7.80. The highest BCUT2D eigenvalue weighted by atomic mass is 16.5. The van der Waals surface area contributed by atoms with Crippen LogP contribution >= 0.6 is 0 Å². The zero-order valence-corrected chi connectivity index (χ0v) is 14.3. The van der Waals surface area contributed by atoms with Crippen LogP contribution in [-0.4, -0.2) is 50.3 Å². The Bertz CT molecular complexity index is 538. The van der Waals surface area contributed by atoms with Crippen LogP contribution in [0, 0.1) is 5.92 Å². The van der Waals surface area contributed by atoms with Gasteiger partial charge in [0.15, 0.2) is 0 Å². The summed E-state index contributed by atoms with van der Waals surface area (Å²) < 4.78 is 12.0. The Labute approximate surface area is 139 Å². The molecule has 0 aliphatic carbocycles. The molecule has 2 aliphatic heterocycles. The molecule has 0 bridgehead atoms. The number of fused-ring (bicyclic) bond motifs is 1. The molecule has 4 heteroatoms. The molecule has 2 saturated heterocycles. The lowest BCUT2D eigenvalue weighted by Crippen LogP contribution is -2.61. The van der Waals surface area contributed by atoms with Gasteiger partial charge in [-0.2, -0.15) is 0 Å². The van der Waals surface area contributed by atoms with Gasteiger partial charge in [-0.1, -0.05) is 0 Å². The highest BCUT2D eigenvalue weighted by molar-refractivity contribution is 5.89. The van der Waals surface area contributed by atoms with E-state index in [9.17, 15) is 4.79 Å². The predicted molar refractivity (Wildman–Crippen MR) is 89.6 cm³/mol. The molecular weight excluding hydrogens is 290 g/mol. The van der Waals surface area contributed by atoms with Crippen molar-refractivity contribution >= 4 is 5.97 Å². The van der Waals surface area contributed by atoms with Gasteiger partial charge in [-0.15, -0.1) is 0 Å². The van der Waals surface area contributed by atoms with Gasteiger partial charge in [-0.3, -0.25) is 0 Å². The van der Waals surface area contributed by atoms with Crippen LogP contribution in [0.2, 0.25) is 0 Å². The van der Waals surface area contributed by atoms with Crippen LogP contribution in [-0.2, 0) is 4.74 Å². The van der Waals surface area contributed by atoms with Gasteiger partial charge in [-0.05, 0) is 49.9 Å². The molecule has 0 N–H and O–H groups in total. The first-order valence-corrected chi connectivity index (χ1v) is 8.78. The van der Waals surface area contributed by atoms with E-state index in [0.717, 1.165) is 5.75 Å². The van der Waals surface area contributed by atoms with Crippen LogP contribution in [0.15, 0.2) is 24.3 Å². The topological polar surface area (TPSA) is 35.5 Å². The van der Waals surface area contributed by atoms with Gasteiger partial charge in [-0.25, -0.2) is 4.79 Å². The van der Waals surface area contributed by atoms with E-state index in [4.69, 9.17) is 9.47 Å². The van der Waals surface area contributed by atoms with Gasteiger partial charge in [0.2, 0.25) is 0 Å². The van der Waals surface area contributed by atoms with Gasteiger partial charge in [0.05, 0.1) is 38.9 Å².